The molecule has 0 rings (SSSR count). The average Bonchev–Trinajstić information content (AvgIpc) is 1.68. The first-order valence-electron chi connectivity index (χ1n) is 2.39. The molecule has 0 unspecified atom stereocenters. The van der Waals surface area contributed by atoms with Gasteiger partial charge in [0.2, 0.25) is 0 Å². The molecule has 0 saturated heterocycles. The molecule has 3 heteroatoms. The van der Waals surface area contributed by atoms with Crippen molar-refractivity contribution in [3.63, 3.8) is 0 Å². The number of allylic oxidation sites excluding steroid dienone is 1. The lowest BCUT2D eigenvalue weighted by Crippen LogP contribution is -2.22. The van der Waals surface area contributed by atoms with Crippen molar-refractivity contribution in [3.8, 4) is 0 Å². The molecule has 0 bridgehead atoms. The smallest absolute Gasteiger partial charge is 0.103 e. The first-order chi connectivity index (χ1) is 3.81. The standard InChI is InChI=1S/C5H11N3/c1-3-4-8(6)5-7-2/h3-5H,6H2,1-2H3/b4-3-,7-5-. The number of rotatable bonds is 2. The lowest BCUT2D eigenvalue weighted by atomic mass is 10.7. The summed E-state index contributed by atoms with van der Waals surface area (Å²) in [6.07, 6.45) is 5.08. The fourth-order valence-corrected chi connectivity index (χ4v) is 0.344. The van der Waals surface area contributed by atoms with Crippen LogP contribution in [0.15, 0.2) is 17.3 Å². The molecule has 0 aromatic rings. The van der Waals surface area contributed by atoms with Crippen LogP contribution in [0, 0.1) is 0 Å². The van der Waals surface area contributed by atoms with Gasteiger partial charge in [-0.05, 0) is 6.92 Å². The predicted octanol–water partition coefficient (Wildman–Crippen LogP) is 0.354. The molecule has 0 heterocycles. The molecule has 0 amide bonds. The maximum Gasteiger partial charge on any atom is 0.103 e. The Hall–Kier alpha value is -0.830. The first kappa shape index (κ1) is 7.17. The summed E-state index contributed by atoms with van der Waals surface area (Å²) in [6, 6.07) is 0. The Morgan fingerprint density at radius 1 is 1.62 bits per heavy atom. The highest BCUT2D eigenvalue weighted by molar-refractivity contribution is 5.54. The second-order valence-corrected chi connectivity index (χ2v) is 1.30. The molecule has 0 saturated carbocycles. The van der Waals surface area contributed by atoms with Gasteiger partial charge in [0.1, 0.15) is 6.34 Å². The maximum atomic E-state index is 5.29. The van der Waals surface area contributed by atoms with Gasteiger partial charge in [0.25, 0.3) is 0 Å². The van der Waals surface area contributed by atoms with Crippen LogP contribution in [0.4, 0.5) is 0 Å². The van der Waals surface area contributed by atoms with Gasteiger partial charge in [-0.15, -0.1) is 0 Å². The van der Waals surface area contributed by atoms with Gasteiger partial charge in [0, 0.05) is 13.2 Å². The highest BCUT2D eigenvalue weighted by Crippen LogP contribution is 1.71. The van der Waals surface area contributed by atoms with Crippen LogP contribution in [0.3, 0.4) is 0 Å². The van der Waals surface area contributed by atoms with Gasteiger partial charge in [-0.1, -0.05) is 6.08 Å². The summed E-state index contributed by atoms with van der Waals surface area (Å²) < 4.78 is 0. The average molecular weight is 113 g/mol. The zero-order valence-electron chi connectivity index (χ0n) is 5.20. The topological polar surface area (TPSA) is 41.6 Å². The highest BCUT2D eigenvalue weighted by atomic mass is 15.4. The summed E-state index contributed by atoms with van der Waals surface area (Å²) in [5.74, 6) is 5.29. The summed E-state index contributed by atoms with van der Waals surface area (Å²) >= 11 is 0. The van der Waals surface area contributed by atoms with Crippen LogP contribution in [0.5, 0.6) is 0 Å². The predicted molar refractivity (Wildman–Crippen MR) is 35.3 cm³/mol. The number of hydrazine groups is 1. The highest BCUT2D eigenvalue weighted by Gasteiger charge is 1.75. The Kier molecular flexibility index (Phi) is 3.88. The zero-order chi connectivity index (χ0) is 6.41. The van der Waals surface area contributed by atoms with E-state index in [0.717, 1.165) is 0 Å². The van der Waals surface area contributed by atoms with E-state index >= 15 is 0 Å². The molecule has 8 heavy (non-hydrogen) atoms. The fourth-order valence-electron chi connectivity index (χ4n) is 0.344. The van der Waals surface area contributed by atoms with Crippen molar-refractivity contribution in [3.05, 3.63) is 12.3 Å². The first-order valence-corrected chi connectivity index (χ1v) is 2.39. The summed E-state index contributed by atoms with van der Waals surface area (Å²) in [5, 5.41) is 1.39. The number of aliphatic imine (C=N–C) groups is 1. The van der Waals surface area contributed by atoms with Crippen LogP contribution in [0.2, 0.25) is 0 Å². The normalized spacial score (nSPS) is 11.4. The van der Waals surface area contributed by atoms with Gasteiger partial charge in [-0.2, -0.15) is 0 Å². The Morgan fingerprint density at radius 2 is 2.25 bits per heavy atom. The molecular weight excluding hydrogens is 102 g/mol. The van der Waals surface area contributed by atoms with E-state index in [1.807, 2.05) is 13.0 Å². The number of hydrogen-bond acceptors (Lipinski definition) is 2. The van der Waals surface area contributed by atoms with Crippen molar-refractivity contribution in [1.82, 2.24) is 5.01 Å². The van der Waals surface area contributed by atoms with Gasteiger partial charge in [-0.3, -0.25) is 10.0 Å². The molecule has 0 aliphatic carbocycles. The molecule has 46 valence electrons. The minimum Gasteiger partial charge on any atom is -0.277 e. The van der Waals surface area contributed by atoms with E-state index in [4.69, 9.17) is 5.84 Å². The van der Waals surface area contributed by atoms with Gasteiger partial charge in [0.15, 0.2) is 0 Å². The van der Waals surface area contributed by atoms with E-state index in [0.29, 0.717) is 0 Å². The van der Waals surface area contributed by atoms with Crippen molar-refractivity contribution >= 4 is 6.34 Å². The van der Waals surface area contributed by atoms with Gasteiger partial charge >= 0.3 is 0 Å². The number of nitrogens with zero attached hydrogens (tertiary/aromatic N) is 2. The molecule has 0 spiro atoms. The van der Waals surface area contributed by atoms with Gasteiger partial charge in [0.05, 0.1) is 0 Å². The molecule has 0 aliphatic heterocycles. The van der Waals surface area contributed by atoms with Crippen molar-refractivity contribution in [2.24, 2.45) is 10.8 Å². The number of hydrogen-bond donors (Lipinski definition) is 1. The molecule has 0 aromatic heterocycles. The number of nitrogens with two attached hydrogens (primary N) is 1. The summed E-state index contributed by atoms with van der Waals surface area (Å²) in [5.41, 5.74) is 0. The molecule has 0 aromatic carbocycles. The van der Waals surface area contributed by atoms with E-state index in [2.05, 4.69) is 4.99 Å². The minimum atomic E-state index is 1.39. The van der Waals surface area contributed by atoms with Crippen LogP contribution in [0.25, 0.3) is 0 Å². The van der Waals surface area contributed by atoms with E-state index in [1.54, 1.807) is 13.2 Å². The molecule has 0 atom stereocenters. The van der Waals surface area contributed by atoms with Crippen LogP contribution >= 0.6 is 0 Å². The third-order valence-electron chi connectivity index (χ3n) is 0.570. The third-order valence-corrected chi connectivity index (χ3v) is 0.570. The van der Waals surface area contributed by atoms with Crippen molar-refractivity contribution in [1.29, 1.82) is 0 Å². The van der Waals surface area contributed by atoms with E-state index in [-0.39, 0.29) is 0 Å². The van der Waals surface area contributed by atoms with Gasteiger partial charge in [-0.25, -0.2) is 5.84 Å². The minimum absolute atomic E-state index is 1.39. The Bertz CT molecular complexity index is 83.8. The van der Waals surface area contributed by atoms with E-state index in [1.165, 1.54) is 11.3 Å². The Balaban J connectivity index is 3.47. The molecule has 0 radical (unpaired) electrons. The Morgan fingerprint density at radius 3 is 2.62 bits per heavy atom. The Labute approximate surface area is 49.5 Å². The van der Waals surface area contributed by atoms with Crippen LogP contribution in [-0.2, 0) is 0 Å². The maximum absolute atomic E-state index is 5.29. The summed E-state index contributed by atoms with van der Waals surface area (Å²) in [6.45, 7) is 1.89. The van der Waals surface area contributed by atoms with Crippen LogP contribution in [0.1, 0.15) is 6.92 Å². The lowest BCUT2D eigenvalue weighted by Gasteiger charge is -2.01. The largest absolute Gasteiger partial charge is 0.277 e. The second-order valence-electron chi connectivity index (χ2n) is 1.30. The zero-order valence-corrected chi connectivity index (χ0v) is 5.20. The van der Waals surface area contributed by atoms with Gasteiger partial charge < -0.3 is 0 Å². The van der Waals surface area contributed by atoms with Crippen molar-refractivity contribution < 1.29 is 0 Å². The molecule has 0 fully saturated rings. The third kappa shape index (κ3) is 3.36. The molecule has 0 aliphatic rings. The van der Waals surface area contributed by atoms with E-state index in [9.17, 15) is 0 Å². The SMILES string of the molecule is C/C=C\N(N)/C=N\C. The lowest BCUT2D eigenvalue weighted by molar-refractivity contribution is 0.613. The quantitative estimate of drug-likeness (QED) is 0.243. The summed E-state index contributed by atoms with van der Waals surface area (Å²) in [4.78, 5) is 3.68. The van der Waals surface area contributed by atoms with Crippen molar-refractivity contribution in [2.45, 2.75) is 6.92 Å². The monoisotopic (exact) mass is 113 g/mol. The van der Waals surface area contributed by atoms with Crippen LogP contribution < -0.4 is 5.84 Å². The summed E-state index contributed by atoms with van der Waals surface area (Å²) in [7, 11) is 1.67. The van der Waals surface area contributed by atoms with E-state index < -0.39 is 0 Å². The van der Waals surface area contributed by atoms with Crippen LogP contribution in [-0.4, -0.2) is 18.4 Å². The fraction of sp³-hybridized carbons (Fsp3) is 0.400. The molecule has 2 N–H and O–H groups in total. The second kappa shape index (κ2) is 4.33. The molecular formula is C5H11N3. The van der Waals surface area contributed by atoms with Crippen molar-refractivity contribution in [2.75, 3.05) is 7.05 Å². The molecule has 3 nitrogen and oxygen atoms in total.